The fourth-order valence-electron chi connectivity index (χ4n) is 2.74. The quantitative estimate of drug-likeness (QED) is 0.848. The minimum absolute atomic E-state index is 0.132. The first kappa shape index (κ1) is 16.0. The molecule has 0 aliphatic carbocycles. The maximum atomic E-state index is 11.3. The standard InChI is InChI=1S/C18H19NO5/c1-22-16-9-13(18(20)21)8-14(17(16)23-2)19-10-11-3-4-12-5-6-24-15(12)7-11/h3-4,7-9,19H,5-6,10H2,1-2H3,(H,20,21). The van der Waals surface area contributed by atoms with E-state index in [1.54, 1.807) is 0 Å². The predicted octanol–water partition coefficient (Wildman–Crippen LogP) is 2.95. The van der Waals surface area contributed by atoms with Crippen LogP contribution in [-0.4, -0.2) is 31.9 Å². The maximum Gasteiger partial charge on any atom is 0.335 e. The Morgan fingerprint density at radius 1 is 1.25 bits per heavy atom. The summed E-state index contributed by atoms with van der Waals surface area (Å²) >= 11 is 0. The van der Waals surface area contributed by atoms with E-state index >= 15 is 0 Å². The van der Waals surface area contributed by atoms with E-state index in [4.69, 9.17) is 14.2 Å². The molecule has 24 heavy (non-hydrogen) atoms. The number of fused-ring (bicyclic) bond motifs is 1. The largest absolute Gasteiger partial charge is 0.493 e. The van der Waals surface area contributed by atoms with Crippen LogP contribution >= 0.6 is 0 Å². The lowest BCUT2D eigenvalue weighted by molar-refractivity contribution is 0.0696. The highest BCUT2D eigenvalue weighted by molar-refractivity contribution is 5.90. The molecule has 0 aromatic heterocycles. The Kier molecular flexibility index (Phi) is 4.46. The number of rotatable bonds is 6. The summed E-state index contributed by atoms with van der Waals surface area (Å²) < 4.78 is 16.2. The summed E-state index contributed by atoms with van der Waals surface area (Å²) in [4.78, 5) is 11.3. The highest BCUT2D eigenvalue weighted by Crippen LogP contribution is 2.37. The number of anilines is 1. The van der Waals surface area contributed by atoms with Crippen molar-refractivity contribution in [3.05, 3.63) is 47.0 Å². The molecule has 0 spiro atoms. The lowest BCUT2D eigenvalue weighted by atomic mass is 10.1. The molecule has 0 saturated carbocycles. The average molecular weight is 329 g/mol. The molecule has 2 N–H and O–H groups in total. The van der Waals surface area contributed by atoms with Gasteiger partial charge in [-0.25, -0.2) is 4.79 Å². The van der Waals surface area contributed by atoms with Gasteiger partial charge in [0.2, 0.25) is 0 Å². The van der Waals surface area contributed by atoms with Gasteiger partial charge in [0.05, 0.1) is 32.1 Å². The van der Waals surface area contributed by atoms with Crippen LogP contribution in [0.15, 0.2) is 30.3 Å². The fourth-order valence-corrected chi connectivity index (χ4v) is 2.74. The molecule has 1 aliphatic heterocycles. The third-order valence-corrected chi connectivity index (χ3v) is 3.97. The molecule has 1 heterocycles. The third kappa shape index (κ3) is 3.08. The van der Waals surface area contributed by atoms with E-state index in [9.17, 15) is 9.90 Å². The Bertz CT molecular complexity index is 772. The normalized spacial score (nSPS) is 12.2. The molecule has 3 rings (SSSR count). The summed E-state index contributed by atoms with van der Waals surface area (Å²) in [5.41, 5.74) is 2.95. The summed E-state index contributed by atoms with van der Waals surface area (Å²) in [5, 5.41) is 12.5. The Balaban J connectivity index is 1.85. The summed E-state index contributed by atoms with van der Waals surface area (Å²) in [6.45, 7) is 1.23. The van der Waals surface area contributed by atoms with E-state index in [2.05, 4.69) is 11.4 Å². The topological polar surface area (TPSA) is 77.0 Å². The van der Waals surface area contributed by atoms with Gasteiger partial charge in [0.25, 0.3) is 0 Å². The summed E-state index contributed by atoms with van der Waals surface area (Å²) in [5.74, 6) is 0.736. The van der Waals surface area contributed by atoms with Gasteiger partial charge in [0, 0.05) is 13.0 Å². The Hall–Kier alpha value is -2.89. The second-order valence-corrected chi connectivity index (χ2v) is 5.46. The number of carbonyl (C=O) groups is 1. The van der Waals surface area contributed by atoms with Crippen LogP contribution in [0.3, 0.4) is 0 Å². The van der Waals surface area contributed by atoms with Crippen molar-refractivity contribution >= 4 is 11.7 Å². The molecular formula is C18H19NO5. The monoisotopic (exact) mass is 329 g/mol. The highest BCUT2D eigenvalue weighted by Gasteiger charge is 2.16. The van der Waals surface area contributed by atoms with E-state index in [1.165, 1.54) is 31.9 Å². The Morgan fingerprint density at radius 2 is 2.08 bits per heavy atom. The second-order valence-electron chi connectivity index (χ2n) is 5.46. The van der Waals surface area contributed by atoms with Gasteiger partial charge in [-0.05, 0) is 29.3 Å². The number of ether oxygens (including phenoxy) is 3. The van der Waals surface area contributed by atoms with Crippen LogP contribution in [-0.2, 0) is 13.0 Å². The molecule has 6 nitrogen and oxygen atoms in total. The summed E-state index contributed by atoms with van der Waals surface area (Å²) in [6.07, 6.45) is 0.939. The molecule has 2 aromatic rings. The lowest BCUT2D eigenvalue weighted by Crippen LogP contribution is -2.06. The summed E-state index contributed by atoms with van der Waals surface area (Å²) in [6, 6.07) is 9.07. The number of carboxylic acids is 1. The number of aromatic carboxylic acids is 1. The molecule has 0 amide bonds. The molecule has 0 bridgehead atoms. The number of hydrogen-bond acceptors (Lipinski definition) is 5. The molecule has 0 atom stereocenters. The van der Waals surface area contributed by atoms with E-state index in [-0.39, 0.29) is 5.56 Å². The van der Waals surface area contributed by atoms with E-state index in [0.29, 0.717) is 23.7 Å². The van der Waals surface area contributed by atoms with Gasteiger partial charge < -0.3 is 24.6 Å². The van der Waals surface area contributed by atoms with Crippen LogP contribution in [0.25, 0.3) is 0 Å². The lowest BCUT2D eigenvalue weighted by Gasteiger charge is -2.15. The smallest absolute Gasteiger partial charge is 0.335 e. The van der Waals surface area contributed by atoms with Crippen molar-refractivity contribution in [3.63, 3.8) is 0 Å². The Labute approximate surface area is 140 Å². The number of carboxylic acid groups (broad SMARTS) is 1. The number of methoxy groups -OCH3 is 2. The first-order valence-electron chi connectivity index (χ1n) is 7.60. The van der Waals surface area contributed by atoms with Crippen molar-refractivity contribution in [2.45, 2.75) is 13.0 Å². The van der Waals surface area contributed by atoms with Crippen molar-refractivity contribution in [1.29, 1.82) is 0 Å². The van der Waals surface area contributed by atoms with Gasteiger partial charge in [-0.3, -0.25) is 0 Å². The van der Waals surface area contributed by atoms with Crippen LogP contribution < -0.4 is 19.5 Å². The molecule has 0 radical (unpaired) electrons. The molecule has 2 aromatic carbocycles. The van der Waals surface area contributed by atoms with E-state index < -0.39 is 5.97 Å². The zero-order valence-electron chi connectivity index (χ0n) is 13.6. The van der Waals surface area contributed by atoms with Crippen molar-refractivity contribution in [2.24, 2.45) is 0 Å². The average Bonchev–Trinajstić information content (AvgIpc) is 3.06. The molecule has 0 unspecified atom stereocenters. The van der Waals surface area contributed by atoms with Gasteiger partial charge in [0.1, 0.15) is 5.75 Å². The zero-order chi connectivity index (χ0) is 17.1. The predicted molar refractivity (Wildman–Crippen MR) is 89.5 cm³/mol. The van der Waals surface area contributed by atoms with Crippen LogP contribution in [0.4, 0.5) is 5.69 Å². The number of benzene rings is 2. The SMILES string of the molecule is COc1cc(C(=O)O)cc(NCc2ccc3c(c2)OCC3)c1OC. The molecule has 1 aliphatic rings. The zero-order valence-corrected chi connectivity index (χ0v) is 13.6. The highest BCUT2D eigenvalue weighted by atomic mass is 16.5. The number of hydrogen-bond donors (Lipinski definition) is 2. The van der Waals surface area contributed by atoms with Crippen LogP contribution in [0.2, 0.25) is 0 Å². The second kappa shape index (κ2) is 6.70. The molecule has 0 fully saturated rings. The van der Waals surface area contributed by atoms with E-state index in [1.807, 2.05) is 12.1 Å². The molecule has 0 saturated heterocycles. The minimum atomic E-state index is -1.02. The van der Waals surface area contributed by atoms with Crippen molar-refractivity contribution < 1.29 is 24.1 Å². The number of nitrogens with one attached hydrogen (secondary N) is 1. The molecular weight excluding hydrogens is 310 g/mol. The van der Waals surface area contributed by atoms with Gasteiger partial charge in [-0.15, -0.1) is 0 Å². The van der Waals surface area contributed by atoms with Crippen molar-refractivity contribution in [1.82, 2.24) is 0 Å². The van der Waals surface area contributed by atoms with E-state index in [0.717, 1.165) is 24.3 Å². The van der Waals surface area contributed by atoms with Crippen molar-refractivity contribution in [3.8, 4) is 17.2 Å². The first-order valence-corrected chi connectivity index (χ1v) is 7.60. The van der Waals surface area contributed by atoms with Gasteiger partial charge in [-0.1, -0.05) is 12.1 Å². The maximum absolute atomic E-state index is 11.3. The summed E-state index contributed by atoms with van der Waals surface area (Å²) in [7, 11) is 3.00. The van der Waals surface area contributed by atoms with Gasteiger partial charge in [-0.2, -0.15) is 0 Å². The van der Waals surface area contributed by atoms with Crippen molar-refractivity contribution in [2.75, 3.05) is 26.1 Å². The van der Waals surface area contributed by atoms with Crippen LogP contribution in [0, 0.1) is 0 Å². The fraction of sp³-hybridized carbons (Fsp3) is 0.278. The Morgan fingerprint density at radius 3 is 2.79 bits per heavy atom. The van der Waals surface area contributed by atoms with Gasteiger partial charge in [0.15, 0.2) is 11.5 Å². The third-order valence-electron chi connectivity index (χ3n) is 3.97. The van der Waals surface area contributed by atoms with Gasteiger partial charge >= 0.3 is 5.97 Å². The first-order chi connectivity index (χ1) is 11.6. The molecule has 126 valence electrons. The molecule has 6 heteroatoms. The van der Waals surface area contributed by atoms with Crippen LogP contribution in [0.1, 0.15) is 21.5 Å². The van der Waals surface area contributed by atoms with Crippen LogP contribution in [0.5, 0.6) is 17.2 Å². The minimum Gasteiger partial charge on any atom is -0.493 e.